The molecule has 1 aliphatic heterocycles. The quantitative estimate of drug-likeness (QED) is 0.835. The minimum atomic E-state index is -0.120. The summed E-state index contributed by atoms with van der Waals surface area (Å²) in [4.78, 5) is 4.62. The number of allylic oxidation sites excluding steroid dienone is 2. The number of benzene rings is 2. The minimum Gasteiger partial charge on any atom is -0.398 e. The molecule has 0 unspecified atom stereocenters. The molecule has 0 saturated heterocycles. The average molecular weight is 288 g/mol. The van der Waals surface area contributed by atoms with Crippen LogP contribution in [0.15, 0.2) is 77.9 Å². The molecule has 2 nitrogen and oxygen atoms in total. The summed E-state index contributed by atoms with van der Waals surface area (Å²) in [5, 5.41) is 0. The zero-order chi connectivity index (χ0) is 15.6. The third-order valence-corrected chi connectivity index (χ3v) is 4.00. The Balaban J connectivity index is 2.20. The molecule has 3 rings (SSSR count). The van der Waals surface area contributed by atoms with E-state index < -0.39 is 0 Å². The van der Waals surface area contributed by atoms with Gasteiger partial charge in [0.1, 0.15) is 0 Å². The fourth-order valence-corrected chi connectivity index (χ4v) is 2.72. The molecular formula is C20H20N2. The van der Waals surface area contributed by atoms with Crippen LogP contribution in [0.5, 0.6) is 0 Å². The fourth-order valence-electron chi connectivity index (χ4n) is 2.72. The predicted octanol–water partition coefficient (Wildman–Crippen LogP) is 4.28. The third-order valence-electron chi connectivity index (χ3n) is 4.00. The third kappa shape index (κ3) is 2.73. The highest BCUT2D eigenvalue weighted by Crippen LogP contribution is 2.31. The number of hydrogen-bond donors (Lipinski definition) is 1. The van der Waals surface area contributed by atoms with E-state index in [0.29, 0.717) is 0 Å². The van der Waals surface area contributed by atoms with Crippen LogP contribution in [0.2, 0.25) is 0 Å². The van der Waals surface area contributed by atoms with Crippen LogP contribution in [0.1, 0.15) is 30.5 Å². The van der Waals surface area contributed by atoms with Gasteiger partial charge in [-0.05, 0) is 11.6 Å². The Kier molecular flexibility index (Phi) is 3.68. The molecule has 0 saturated carbocycles. The molecule has 0 aliphatic carbocycles. The van der Waals surface area contributed by atoms with Gasteiger partial charge in [-0.25, -0.2) is 0 Å². The summed E-state index contributed by atoms with van der Waals surface area (Å²) in [6.07, 6.45) is 5.97. The highest BCUT2D eigenvalue weighted by atomic mass is 14.7. The Morgan fingerprint density at radius 3 is 2.36 bits per heavy atom. The van der Waals surface area contributed by atoms with Gasteiger partial charge in [-0.3, -0.25) is 4.99 Å². The highest BCUT2D eigenvalue weighted by molar-refractivity contribution is 6.12. The van der Waals surface area contributed by atoms with Crippen LogP contribution < -0.4 is 5.73 Å². The van der Waals surface area contributed by atoms with Crippen molar-refractivity contribution in [3.05, 3.63) is 89.6 Å². The van der Waals surface area contributed by atoms with Crippen molar-refractivity contribution in [2.24, 2.45) is 10.7 Å². The van der Waals surface area contributed by atoms with Crippen molar-refractivity contribution in [1.29, 1.82) is 0 Å². The summed E-state index contributed by atoms with van der Waals surface area (Å²) in [5.41, 5.74) is 11.2. The van der Waals surface area contributed by atoms with Crippen LogP contribution in [0.4, 0.5) is 0 Å². The molecule has 0 spiro atoms. The molecule has 110 valence electrons. The van der Waals surface area contributed by atoms with Gasteiger partial charge in [-0.1, -0.05) is 74.5 Å². The van der Waals surface area contributed by atoms with Crippen molar-refractivity contribution >= 4 is 11.4 Å². The van der Waals surface area contributed by atoms with Crippen molar-refractivity contribution in [3.8, 4) is 0 Å². The van der Waals surface area contributed by atoms with Gasteiger partial charge in [0.15, 0.2) is 0 Å². The van der Waals surface area contributed by atoms with Gasteiger partial charge < -0.3 is 5.73 Å². The molecule has 1 heterocycles. The first-order valence-electron chi connectivity index (χ1n) is 7.46. The first-order valence-corrected chi connectivity index (χ1v) is 7.46. The lowest BCUT2D eigenvalue weighted by Gasteiger charge is -2.23. The smallest absolute Gasteiger partial charge is 0.0722 e. The maximum Gasteiger partial charge on any atom is 0.0722 e. The van der Waals surface area contributed by atoms with E-state index in [4.69, 9.17) is 5.73 Å². The molecular weight excluding hydrogens is 268 g/mol. The van der Waals surface area contributed by atoms with Crippen molar-refractivity contribution in [2.75, 3.05) is 0 Å². The normalized spacial score (nSPS) is 22.8. The van der Waals surface area contributed by atoms with Crippen LogP contribution in [0.3, 0.4) is 0 Å². The van der Waals surface area contributed by atoms with Gasteiger partial charge in [-0.2, -0.15) is 0 Å². The highest BCUT2D eigenvalue weighted by Gasteiger charge is 2.22. The molecule has 2 N–H and O–H groups in total. The van der Waals surface area contributed by atoms with Crippen LogP contribution in [-0.4, -0.2) is 5.71 Å². The molecule has 0 radical (unpaired) electrons. The van der Waals surface area contributed by atoms with E-state index in [9.17, 15) is 0 Å². The largest absolute Gasteiger partial charge is 0.398 e. The molecule has 0 bridgehead atoms. The summed E-state index contributed by atoms with van der Waals surface area (Å²) in [5.74, 6) is 0. The minimum absolute atomic E-state index is 0.120. The molecule has 22 heavy (non-hydrogen) atoms. The lowest BCUT2D eigenvalue weighted by molar-refractivity contribution is 0.666. The van der Waals surface area contributed by atoms with E-state index in [0.717, 1.165) is 22.5 Å². The average Bonchev–Trinajstić information content (AvgIpc) is 2.58. The standard InChI is InChI=1S/C20H20N2/c1-20(2)12-13-22-19(15-8-4-3-5-9-15)14-18(21)16-10-6-7-11-17(16)20/h3-14H,21H2,1-2H3/b13-12+,18-14-,22-19+. The predicted molar refractivity (Wildman–Crippen MR) is 93.8 cm³/mol. The summed E-state index contributed by atoms with van der Waals surface area (Å²) < 4.78 is 0. The fraction of sp³-hybridized carbons (Fsp3) is 0.150. The maximum atomic E-state index is 6.39. The van der Waals surface area contributed by atoms with Crippen LogP contribution >= 0.6 is 0 Å². The molecule has 1 aliphatic rings. The molecule has 0 amide bonds. The lowest BCUT2D eigenvalue weighted by atomic mass is 9.81. The number of hydrogen-bond acceptors (Lipinski definition) is 2. The first-order chi connectivity index (χ1) is 10.6. The van der Waals surface area contributed by atoms with Gasteiger partial charge in [0.25, 0.3) is 0 Å². The van der Waals surface area contributed by atoms with Crippen molar-refractivity contribution in [3.63, 3.8) is 0 Å². The molecule has 2 heteroatoms. The van der Waals surface area contributed by atoms with E-state index >= 15 is 0 Å². The molecule has 0 atom stereocenters. The lowest BCUT2D eigenvalue weighted by Crippen LogP contribution is -2.17. The van der Waals surface area contributed by atoms with Gasteiger partial charge in [-0.15, -0.1) is 0 Å². The summed E-state index contributed by atoms with van der Waals surface area (Å²) in [6, 6.07) is 18.4. The summed E-state index contributed by atoms with van der Waals surface area (Å²) in [6.45, 7) is 4.36. The molecule has 0 aromatic heterocycles. The van der Waals surface area contributed by atoms with Gasteiger partial charge >= 0.3 is 0 Å². The topological polar surface area (TPSA) is 38.4 Å². The maximum absolute atomic E-state index is 6.39. The van der Waals surface area contributed by atoms with Gasteiger partial charge in [0, 0.05) is 28.4 Å². The van der Waals surface area contributed by atoms with Crippen LogP contribution in [0.25, 0.3) is 5.70 Å². The number of aliphatic imine (C=N–C) groups is 1. The SMILES string of the molecule is CC1(C)/C=C/N=C(c2ccccc2)\C=C(/N)c2ccccc21. The second-order valence-electron chi connectivity index (χ2n) is 6.06. The monoisotopic (exact) mass is 288 g/mol. The Morgan fingerprint density at radius 1 is 0.909 bits per heavy atom. The summed E-state index contributed by atoms with van der Waals surface area (Å²) in [7, 11) is 0. The van der Waals surface area contributed by atoms with Crippen LogP contribution in [-0.2, 0) is 5.41 Å². The summed E-state index contributed by atoms with van der Waals surface area (Å²) >= 11 is 0. The van der Waals surface area contributed by atoms with E-state index in [-0.39, 0.29) is 5.41 Å². The van der Waals surface area contributed by atoms with E-state index in [1.807, 2.05) is 48.7 Å². The Bertz CT molecular complexity index is 765. The van der Waals surface area contributed by atoms with Crippen LogP contribution in [0, 0.1) is 0 Å². The Morgan fingerprint density at radius 2 is 1.59 bits per heavy atom. The first kappa shape index (κ1) is 14.3. The Labute approximate surface area is 131 Å². The molecule has 2 aromatic rings. The number of fused-ring (bicyclic) bond motifs is 1. The Hall–Kier alpha value is -2.61. The van der Waals surface area contributed by atoms with Crippen molar-refractivity contribution in [2.45, 2.75) is 19.3 Å². The number of nitrogens with two attached hydrogens (primary N) is 1. The van der Waals surface area contributed by atoms with Gasteiger partial charge in [0.05, 0.1) is 5.71 Å². The van der Waals surface area contributed by atoms with E-state index in [1.165, 1.54) is 5.56 Å². The second kappa shape index (κ2) is 5.64. The molecule has 0 fully saturated rings. The zero-order valence-electron chi connectivity index (χ0n) is 13.0. The van der Waals surface area contributed by atoms with E-state index in [1.54, 1.807) is 0 Å². The molecule has 2 aromatic carbocycles. The number of nitrogens with zero attached hydrogens (tertiary/aromatic N) is 1. The second-order valence-corrected chi connectivity index (χ2v) is 6.06. The van der Waals surface area contributed by atoms with Gasteiger partial charge in [0.2, 0.25) is 0 Å². The van der Waals surface area contributed by atoms with E-state index in [2.05, 4.69) is 43.1 Å². The van der Waals surface area contributed by atoms with Crippen molar-refractivity contribution in [1.82, 2.24) is 0 Å². The zero-order valence-corrected chi connectivity index (χ0v) is 13.0. The van der Waals surface area contributed by atoms with Crippen molar-refractivity contribution < 1.29 is 0 Å². The number of rotatable bonds is 1.